The lowest BCUT2D eigenvalue weighted by Crippen LogP contribution is -2.21. The number of nitrogens with one attached hydrogen (secondary N) is 1. The predicted molar refractivity (Wildman–Crippen MR) is 110 cm³/mol. The summed E-state index contributed by atoms with van der Waals surface area (Å²) in [5.74, 6) is 0.171. The van der Waals surface area contributed by atoms with Crippen LogP contribution in [0.2, 0.25) is 0 Å². The normalized spacial score (nSPS) is 15.0. The van der Waals surface area contributed by atoms with E-state index in [0.29, 0.717) is 42.2 Å². The Kier molecular flexibility index (Phi) is 4.84. The molecule has 30 heavy (non-hydrogen) atoms. The molecule has 4 aromatic rings. The van der Waals surface area contributed by atoms with Crippen molar-refractivity contribution >= 4 is 11.0 Å². The Hall–Kier alpha value is -3.39. The van der Waals surface area contributed by atoms with E-state index in [9.17, 15) is 9.18 Å². The third-order valence-corrected chi connectivity index (χ3v) is 5.43. The highest BCUT2D eigenvalue weighted by molar-refractivity contribution is 5.73. The van der Waals surface area contributed by atoms with Crippen LogP contribution in [0, 0.1) is 5.82 Å². The second kappa shape index (κ2) is 7.79. The average molecular weight is 405 g/mol. The maximum atomic E-state index is 13.3. The van der Waals surface area contributed by atoms with E-state index in [1.54, 1.807) is 12.3 Å². The van der Waals surface area contributed by atoms with Gasteiger partial charge in [0, 0.05) is 25.2 Å². The summed E-state index contributed by atoms with van der Waals surface area (Å²) in [5, 5.41) is 4.92. The van der Waals surface area contributed by atoms with Gasteiger partial charge in [-0.05, 0) is 30.5 Å². The molecule has 4 heterocycles. The second-order valence-electron chi connectivity index (χ2n) is 7.38. The molecule has 152 valence electrons. The van der Waals surface area contributed by atoms with Crippen LogP contribution in [0.5, 0.6) is 0 Å². The van der Waals surface area contributed by atoms with Gasteiger partial charge in [0.25, 0.3) is 5.56 Å². The quantitative estimate of drug-likeness (QED) is 0.563. The number of rotatable bonds is 4. The van der Waals surface area contributed by atoms with Crippen molar-refractivity contribution in [3.05, 3.63) is 76.4 Å². The van der Waals surface area contributed by atoms with Gasteiger partial charge in [-0.25, -0.2) is 14.1 Å². The maximum absolute atomic E-state index is 13.3. The van der Waals surface area contributed by atoms with Gasteiger partial charge < -0.3 is 9.72 Å². The smallest absolute Gasteiger partial charge is 0.262 e. The first-order chi connectivity index (χ1) is 14.7. The highest BCUT2D eigenvalue weighted by Gasteiger charge is 2.21. The lowest BCUT2D eigenvalue weighted by Gasteiger charge is -2.22. The van der Waals surface area contributed by atoms with Gasteiger partial charge >= 0.3 is 0 Å². The summed E-state index contributed by atoms with van der Waals surface area (Å²) in [6.07, 6.45) is 4.89. The van der Waals surface area contributed by atoms with Crippen LogP contribution in [-0.4, -0.2) is 37.9 Å². The summed E-state index contributed by atoms with van der Waals surface area (Å²) in [5.41, 5.74) is 2.88. The Labute approximate surface area is 171 Å². The lowest BCUT2D eigenvalue weighted by atomic mass is 10.0. The van der Waals surface area contributed by atoms with Crippen molar-refractivity contribution < 1.29 is 9.13 Å². The maximum Gasteiger partial charge on any atom is 0.262 e. The van der Waals surface area contributed by atoms with E-state index in [0.717, 1.165) is 24.0 Å². The molecule has 1 fully saturated rings. The number of ether oxygens (including phenoxy) is 1. The zero-order valence-electron chi connectivity index (χ0n) is 16.2. The van der Waals surface area contributed by atoms with Crippen molar-refractivity contribution in [1.29, 1.82) is 0 Å². The van der Waals surface area contributed by atoms with E-state index in [1.807, 2.05) is 28.9 Å². The molecule has 0 saturated carbocycles. The fourth-order valence-electron chi connectivity index (χ4n) is 3.90. The van der Waals surface area contributed by atoms with E-state index in [1.165, 1.54) is 12.3 Å². The molecule has 7 nitrogen and oxygen atoms in total. The third kappa shape index (κ3) is 3.50. The predicted octanol–water partition coefficient (Wildman–Crippen LogP) is 3.26. The number of hydrogen-bond acceptors (Lipinski definition) is 5. The first-order valence-corrected chi connectivity index (χ1v) is 9.93. The molecule has 1 saturated heterocycles. The molecule has 0 aliphatic carbocycles. The van der Waals surface area contributed by atoms with Gasteiger partial charge in [-0.15, -0.1) is 0 Å². The number of H-pyrrole nitrogens is 1. The monoisotopic (exact) mass is 405 g/mol. The van der Waals surface area contributed by atoms with Crippen LogP contribution in [0.4, 0.5) is 4.39 Å². The van der Waals surface area contributed by atoms with E-state index >= 15 is 0 Å². The summed E-state index contributed by atoms with van der Waals surface area (Å²) in [6, 6.07) is 10.9. The summed E-state index contributed by atoms with van der Waals surface area (Å²) in [6.45, 7) is 1.36. The van der Waals surface area contributed by atoms with E-state index in [4.69, 9.17) is 9.72 Å². The van der Waals surface area contributed by atoms with E-state index in [-0.39, 0.29) is 17.4 Å². The van der Waals surface area contributed by atoms with Crippen LogP contribution in [0.3, 0.4) is 0 Å². The number of benzene rings is 1. The number of aromatic nitrogens is 5. The van der Waals surface area contributed by atoms with Gasteiger partial charge in [-0.2, -0.15) is 5.10 Å². The van der Waals surface area contributed by atoms with Gasteiger partial charge in [0.1, 0.15) is 17.0 Å². The highest BCUT2D eigenvalue weighted by Crippen LogP contribution is 2.25. The number of hydrogen-bond donors (Lipinski definition) is 1. The highest BCUT2D eigenvalue weighted by atomic mass is 19.1. The van der Waals surface area contributed by atoms with Crippen LogP contribution in [0.1, 0.15) is 30.3 Å². The van der Waals surface area contributed by atoms with Gasteiger partial charge in [0.15, 0.2) is 5.65 Å². The van der Waals surface area contributed by atoms with Gasteiger partial charge in [-0.3, -0.25) is 9.78 Å². The molecule has 1 aliphatic rings. The van der Waals surface area contributed by atoms with Crippen molar-refractivity contribution in [3.63, 3.8) is 0 Å². The summed E-state index contributed by atoms with van der Waals surface area (Å²) in [7, 11) is 0. The summed E-state index contributed by atoms with van der Waals surface area (Å²) in [4.78, 5) is 24.5. The van der Waals surface area contributed by atoms with E-state index < -0.39 is 0 Å². The van der Waals surface area contributed by atoms with Crippen molar-refractivity contribution in [2.24, 2.45) is 0 Å². The zero-order valence-corrected chi connectivity index (χ0v) is 16.2. The number of fused-ring (bicyclic) bond motifs is 1. The molecule has 1 aromatic carbocycles. The van der Waals surface area contributed by atoms with Crippen molar-refractivity contribution in [3.8, 4) is 11.3 Å². The van der Waals surface area contributed by atoms with Crippen molar-refractivity contribution in [1.82, 2.24) is 24.7 Å². The third-order valence-electron chi connectivity index (χ3n) is 5.43. The molecule has 0 amide bonds. The average Bonchev–Trinajstić information content (AvgIpc) is 3.20. The van der Waals surface area contributed by atoms with Crippen LogP contribution >= 0.6 is 0 Å². The van der Waals surface area contributed by atoms with Crippen LogP contribution < -0.4 is 5.56 Å². The molecule has 0 radical (unpaired) electrons. The SMILES string of the molecule is O=c1[nH]c(Cc2ccccc2-c2ccc(F)cn2)nc2c1cnn2C1CCOCC1. The minimum atomic E-state index is -0.381. The lowest BCUT2D eigenvalue weighted by molar-refractivity contribution is 0.0673. The molecule has 0 spiro atoms. The molecular weight excluding hydrogens is 385 g/mol. The number of halogens is 1. The number of nitrogens with zero attached hydrogens (tertiary/aromatic N) is 4. The summed E-state index contributed by atoms with van der Waals surface area (Å²) < 4.78 is 20.6. The molecule has 3 aromatic heterocycles. The molecule has 0 bridgehead atoms. The zero-order chi connectivity index (χ0) is 20.5. The summed E-state index contributed by atoms with van der Waals surface area (Å²) >= 11 is 0. The van der Waals surface area contributed by atoms with Crippen LogP contribution in [0.15, 0.2) is 53.6 Å². The molecule has 1 N–H and O–H groups in total. The van der Waals surface area contributed by atoms with Crippen molar-refractivity contribution in [2.75, 3.05) is 13.2 Å². The second-order valence-corrected chi connectivity index (χ2v) is 7.38. The Balaban J connectivity index is 1.53. The first-order valence-electron chi connectivity index (χ1n) is 9.93. The topological polar surface area (TPSA) is 85.7 Å². The first kappa shape index (κ1) is 18.6. The molecule has 0 unspecified atom stereocenters. The standard InChI is InChI=1S/C22H20FN5O2/c23-15-5-6-19(24-12-15)17-4-2-1-3-14(17)11-20-26-21-18(22(29)27-20)13-25-28(21)16-7-9-30-10-8-16/h1-6,12-13,16H,7-11H2,(H,26,27,29). The Morgan fingerprint density at radius 1 is 1.13 bits per heavy atom. The molecule has 8 heteroatoms. The molecule has 0 atom stereocenters. The van der Waals surface area contributed by atoms with Gasteiger partial charge in [-0.1, -0.05) is 24.3 Å². The van der Waals surface area contributed by atoms with Crippen LogP contribution in [0.25, 0.3) is 22.3 Å². The fraction of sp³-hybridized carbons (Fsp3) is 0.273. The molecular formula is C22H20FN5O2. The van der Waals surface area contributed by atoms with Gasteiger partial charge in [0.2, 0.25) is 0 Å². The Bertz CT molecular complexity index is 1240. The largest absolute Gasteiger partial charge is 0.381 e. The Morgan fingerprint density at radius 3 is 2.77 bits per heavy atom. The molecule has 5 rings (SSSR count). The van der Waals surface area contributed by atoms with E-state index in [2.05, 4.69) is 15.1 Å². The number of pyridine rings is 1. The molecule has 1 aliphatic heterocycles. The fourth-order valence-corrected chi connectivity index (χ4v) is 3.90. The van der Waals surface area contributed by atoms with Crippen LogP contribution in [-0.2, 0) is 11.2 Å². The Morgan fingerprint density at radius 2 is 1.97 bits per heavy atom. The van der Waals surface area contributed by atoms with Crippen molar-refractivity contribution in [2.45, 2.75) is 25.3 Å². The minimum Gasteiger partial charge on any atom is -0.381 e. The number of aromatic amines is 1. The van der Waals surface area contributed by atoms with Gasteiger partial charge in [0.05, 0.1) is 24.1 Å². The minimum absolute atomic E-state index is 0.175.